The molecule has 0 aliphatic heterocycles. The number of ether oxygens (including phenoxy) is 1. The average molecular weight is 352 g/mol. The van der Waals surface area contributed by atoms with Crippen molar-refractivity contribution < 1.29 is 14.6 Å². The van der Waals surface area contributed by atoms with Gasteiger partial charge >= 0.3 is 0 Å². The van der Waals surface area contributed by atoms with Gasteiger partial charge in [0.15, 0.2) is 5.69 Å². The molecule has 2 aromatic heterocycles. The van der Waals surface area contributed by atoms with Crippen LogP contribution in [0.4, 0.5) is 0 Å². The monoisotopic (exact) mass is 352 g/mol. The van der Waals surface area contributed by atoms with E-state index in [0.29, 0.717) is 17.1 Å². The number of nitrogens with one attached hydrogen (secondary N) is 2. The molecule has 0 fully saturated rings. The van der Waals surface area contributed by atoms with Crippen molar-refractivity contribution in [1.29, 1.82) is 0 Å². The number of H-pyrrole nitrogens is 1. The summed E-state index contributed by atoms with van der Waals surface area (Å²) in [4.78, 5) is 16.2. The van der Waals surface area contributed by atoms with Crippen LogP contribution in [0.25, 0.3) is 22.5 Å². The van der Waals surface area contributed by atoms with Crippen molar-refractivity contribution in [3.8, 4) is 28.3 Å². The summed E-state index contributed by atoms with van der Waals surface area (Å²) < 4.78 is 4.88. The molecule has 0 aliphatic rings. The third-order valence-electron chi connectivity index (χ3n) is 3.62. The van der Waals surface area contributed by atoms with Gasteiger partial charge in [0, 0.05) is 17.3 Å². The molecule has 26 heavy (non-hydrogen) atoms. The van der Waals surface area contributed by atoms with Gasteiger partial charge in [0.2, 0.25) is 5.82 Å². The number of aromatic amines is 1. The minimum Gasteiger partial charge on any atom is -0.505 e. The van der Waals surface area contributed by atoms with Crippen molar-refractivity contribution in [2.24, 2.45) is 0 Å². The molecule has 0 bridgehead atoms. The number of benzene rings is 1. The molecule has 0 saturated carbocycles. The van der Waals surface area contributed by atoms with E-state index in [9.17, 15) is 9.90 Å². The van der Waals surface area contributed by atoms with E-state index in [0.717, 1.165) is 11.1 Å². The number of aromatic nitrogens is 5. The van der Waals surface area contributed by atoms with Crippen LogP contribution in [0.2, 0.25) is 0 Å². The summed E-state index contributed by atoms with van der Waals surface area (Å²) in [6.45, 7) is 3.74. The highest BCUT2D eigenvalue weighted by Crippen LogP contribution is 2.27. The normalized spacial score (nSPS) is 10.3. The second kappa shape index (κ2) is 7.43. The maximum atomic E-state index is 12.1. The van der Waals surface area contributed by atoms with Gasteiger partial charge in [0.25, 0.3) is 5.91 Å². The summed E-state index contributed by atoms with van der Waals surface area (Å²) in [5.74, 6) is 0.104. The first kappa shape index (κ1) is 17.1. The molecule has 3 N–H and O–H groups in total. The SMILES string of the molecule is C=C(CNC(=O)c1ncc(-c2cccc(-c3nn[nH]n3)c2)cc1O)OC. The lowest BCUT2D eigenvalue weighted by atomic mass is 10.0. The second-order valence-corrected chi connectivity index (χ2v) is 5.33. The number of hydrogen-bond acceptors (Lipinski definition) is 7. The van der Waals surface area contributed by atoms with E-state index in [1.54, 1.807) is 0 Å². The molecule has 0 unspecified atom stereocenters. The fourth-order valence-electron chi connectivity index (χ4n) is 2.24. The summed E-state index contributed by atoms with van der Waals surface area (Å²) in [7, 11) is 1.46. The second-order valence-electron chi connectivity index (χ2n) is 5.33. The molecule has 0 saturated heterocycles. The van der Waals surface area contributed by atoms with Gasteiger partial charge in [0.1, 0.15) is 11.5 Å². The standard InChI is InChI=1S/C17H16N6O3/c1-10(26-2)8-19-17(25)15-14(24)7-13(9-18-15)11-4-3-5-12(6-11)16-20-22-23-21-16/h3-7,9,24H,1,8H2,2H3,(H,19,25)(H,20,21,22,23). The molecule has 0 atom stereocenters. The molecule has 132 valence electrons. The van der Waals surface area contributed by atoms with Crippen LogP contribution in [-0.2, 0) is 4.74 Å². The number of nitrogens with zero attached hydrogens (tertiary/aromatic N) is 4. The first-order valence-corrected chi connectivity index (χ1v) is 7.61. The Bertz CT molecular complexity index is 939. The smallest absolute Gasteiger partial charge is 0.274 e. The Hall–Kier alpha value is -3.75. The minimum absolute atomic E-state index is 0.0769. The zero-order valence-electron chi connectivity index (χ0n) is 13.9. The fourth-order valence-corrected chi connectivity index (χ4v) is 2.24. The lowest BCUT2D eigenvalue weighted by molar-refractivity contribution is 0.0942. The van der Waals surface area contributed by atoms with Gasteiger partial charge in [-0.25, -0.2) is 4.98 Å². The fraction of sp³-hybridized carbons (Fsp3) is 0.118. The number of hydrogen-bond donors (Lipinski definition) is 3. The van der Waals surface area contributed by atoms with Crippen LogP contribution in [0.1, 0.15) is 10.5 Å². The number of carbonyl (C=O) groups excluding carboxylic acids is 1. The third kappa shape index (κ3) is 3.66. The number of methoxy groups -OCH3 is 1. The van der Waals surface area contributed by atoms with Gasteiger partial charge < -0.3 is 15.2 Å². The topological polar surface area (TPSA) is 126 Å². The van der Waals surface area contributed by atoms with Crippen LogP contribution < -0.4 is 5.32 Å². The highest BCUT2D eigenvalue weighted by Gasteiger charge is 2.15. The Kier molecular flexibility index (Phi) is 4.88. The molecule has 9 nitrogen and oxygen atoms in total. The van der Waals surface area contributed by atoms with Crippen LogP contribution in [0.5, 0.6) is 5.75 Å². The highest BCUT2D eigenvalue weighted by molar-refractivity contribution is 5.95. The molecule has 1 amide bonds. The predicted octanol–water partition coefficient (Wildman–Crippen LogP) is 1.52. The van der Waals surface area contributed by atoms with E-state index in [2.05, 4.69) is 37.5 Å². The third-order valence-corrected chi connectivity index (χ3v) is 3.62. The first-order valence-electron chi connectivity index (χ1n) is 7.61. The molecular weight excluding hydrogens is 336 g/mol. The van der Waals surface area contributed by atoms with E-state index in [-0.39, 0.29) is 18.0 Å². The molecule has 0 aliphatic carbocycles. The summed E-state index contributed by atoms with van der Waals surface area (Å²) in [5, 5.41) is 26.5. The molecule has 2 heterocycles. The largest absolute Gasteiger partial charge is 0.505 e. The molecule has 3 rings (SSSR count). The van der Waals surface area contributed by atoms with Gasteiger partial charge in [-0.1, -0.05) is 24.8 Å². The number of pyridine rings is 1. The Morgan fingerprint density at radius 1 is 1.31 bits per heavy atom. The van der Waals surface area contributed by atoms with Crippen molar-refractivity contribution in [3.05, 3.63) is 54.6 Å². The molecule has 0 spiro atoms. The summed E-state index contributed by atoms with van der Waals surface area (Å²) in [6, 6.07) is 8.83. The van der Waals surface area contributed by atoms with E-state index in [1.807, 2.05) is 24.3 Å². The molecule has 3 aromatic rings. The van der Waals surface area contributed by atoms with E-state index >= 15 is 0 Å². The maximum absolute atomic E-state index is 12.1. The zero-order chi connectivity index (χ0) is 18.5. The van der Waals surface area contributed by atoms with Crippen molar-refractivity contribution >= 4 is 5.91 Å². The minimum atomic E-state index is -0.521. The highest BCUT2D eigenvalue weighted by atomic mass is 16.5. The number of carbonyl (C=O) groups is 1. The van der Waals surface area contributed by atoms with Gasteiger partial charge in [-0.05, 0) is 22.9 Å². The molecule has 9 heteroatoms. The predicted molar refractivity (Wildman–Crippen MR) is 93.0 cm³/mol. The Morgan fingerprint density at radius 2 is 2.12 bits per heavy atom. The van der Waals surface area contributed by atoms with Crippen molar-refractivity contribution in [3.63, 3.8) is 0 Å². The summed E-state index contributed by atoms with van der Waals surface area (Å²) >= 11 is 0. The maximum Gasteiger partial charge on any atom is 0.274 e. The van der Waals surface area contributed by atoms with E-state index in [1.165, 1.54) is 19.4 Å². The van der Waals surface area contributed by atoms with Gasteiger partial charge in [-0.2, -0.15) is 5.21 Å². The lowest BCUT2D eigenvalue weighted by Crippen LogP contribution is -2.26. The Labute approximate surface area is 148 Å². The first-order chi connectivity index (χ1) is 12.6. The van der Waals surface area contributed by atoms with Crippen LogP contribution in [0.3, 0.4) is 0 Å². The number of rotatable bonds is 6. The van der Waals surface area contributed by atoms with E-state index < -0.39 is 5.91 Å². The number of aromatic hydroxyl groups is 1. The summed E-state index contributed by atoms with van der Waals surface area (Å²) in [6.07, 6.45) is 1.51. The molecule has 1 aromatic carbocycles. The molecular formula is C17H16N6O3. The average Bonchev–Trinajstić information content (AvgIpc) is 3.20. The summed E-state index contributed by atoms with van der Waals surface area (Å²) in [5.41, 5.74) is 2.11. The lowest BCUT2D eigenvalue weighted by Gasteiger charge is -2.09. The van der Waals surface area contributed by atoms with Crippen LogP contribution in [-0.4, -0.2) is 50.3 Å². The van der Waals surface area contributed by atoms with Crippen molar-refractivity contribution in [2.75, 3.05) is 13.7 Å². The quantitative estimate of drug-likeness (QED) is 0.574. The number of amides is 1. The number of tetrazole rings is 1. The zero-order valence-corrected chi connectivity index (χ0v) is 13.9. The van der Waals surface area contributed by atoms with Crippen LogP contribution >= 0.6 is 0 Å². The van der Waals surface area contributed by atoms with Crippen molar-refractivity contribution in [2.45, 2.75) is 0 Å². The van der Waals surface area contributed by atoms with Crippen molar-refractivity contribution in [1.82, 2.24) is 30.9 Å². The molecule has 0 radical (unpaired) electrons. The van der Waals surface area contributed by atoms with Gasteiger partial charge in [-0.15, -0.1) is 10.2 Å². The van der Waals surface area contributed by atoms with Crippen LogP contribution in [0.15, 0.2) is 48.9 Å². The van der Waals surface area contributed by atoms with Gasteiger partial charge in [-0.3, -0.25) is 4.79 Å². The Morgan fingerprint density at radius 3 is 2.81 bits per heavy atom. The Balaban J connectivity index is 1.83. The van der Waals surface area contributed by atoms with Crippen LogP contribution in [0, 0.1) is 0 Å². The van der Waals surface area contributed by atoms with E-state index in [4.69, 9.17) is 4.74 Å². The van der Waals surface area contributed by atoms with Gasteiger partial charge in [0.05, 0.1) is 13.7 Å².